The van der Waals surface area contributed by atoms with Crippen molar-refractivity contribution in [1.29, 1.82) is 0 Å². The summed E-state index contributed by atoms with van der Waals surface area (Å²) in [7, 11) is 1.69. The lowest BCUT2D eigenvalue weighted by Crippen LogP contribution is -2.57. The molecule has 0 aromatic carbocycles. The molecule has 1 aromatic rings. The molecule has 2 aliphatic rings. The summed E-state index contributed by atoms with van der Waals surface area (Å²) in [5.41, 5.74) is 1.06. The molecule has 2 atom stereocenters. The van der Waals surface area contributed by atoms with Crippen molar-refractivity contribution in [3.63, 3.8) is 0 Å². The Morgan fingerprint density at radius 3 is 2.96 bits per heavy atom. The van der Waals surface area contributed by atoms with Crippen LogP contribution in [0.25, 0.3) is 0 Å². The van der Waals surface area contributed by atoms with Crippen LogP contribution in [-0.2, 0) is 20.9 Å². The second kappa shape index (κ2) is 7.99. The fraction of sp³-hybridized carbons (Fsp3) is 0.722. The minimum absolute atomic E-state index is 0.115. The van der Waals surface area contributed by atoms with E-state index >= 15 is 0 Å². The molecule has 0 radical (unpaired) electrons. The van der Waals surface area contributed by atoms with Crippen LogP contribution in [0.1, 0.15) is 31.2 Å². The van der Waals surface area contributed by atoms with E-state index in [2.05, 4.69) is 5.10 Å². The molecule has 0 saturated carbocycles. The average molecular weight is 348 g/mol. The summed E-state index contributed by atoms with van der Waals surface area (Å²) in [6.07, 6.45) is 6.87. The molecule has 3 heterocycles. The molecule has 2 amide bonds. The van der Waals surface area contributed by atoms with E-state index in [1.165, 1.54) is 0 Å². The summed E-state index contributed by atoms with van der Waals surface area (Å²) in [5.74, 6) is 0.755. The standard InChI is InChI=1S/C18H28N4O3/c1-14-10-19-21(11-14)13-18(24)20-8-6-16-15(12-20)4-5-17(23)22(16)7-3-9-25-2/h10-11,15-16H,3-9,12-13H2,1-2H3/t15-,16+/m0/s1. The largest absolute Gasteiger partial charge is 0.385 e. The number of methoxy groups -OCH3 is 1. The van der Waals surface area contributed by atoms with Gasteiger partial charge in [-0.3, -0.25) is 14.3 Å². The Labute approximate surface area is 148 Å². The summed E-state index contributed by atoms with van der Waals surface area (Å²) in [6, 6.07) is 0.272. The molecule has 1 aromatic heterocycles. The number of carbonyl (C=O) groups is 2. The molecule has 0 unspecified atom stereocenters. The maximum Gasteiger partial charge on any atom is 0.244 e. The number of piperidine rings is 2. The SMILES string of the molecule is COCCCN1C(=O)CC[C@H]2CN(C(=O)Cn3cc(C)cn3)CC[C@H]21. The van der Waals surface area contributed by atoms with Crippen molar-refractivity contribution in [3.8, 4) is 0 Å². The minimum Gasteiger partial charge on any atom is -0.385 e. The summed E-state index contributed by atoms with van der Waals surface area (Å²) in [4.78, 5) is 28.9. The molecule has 2 aliphatic heterocycles. The van der Waals surface area contributed by atoms with Gasteiger partial charge in [-0.1, -0.05) is 0 Å². The number of aromatic nitrogens is 2. The Morgan fingerprint density at radius 1 is 1.40 bits per heavy atom. The van der Waals surface area contributed by atoms with Crippen LogP contribution in [0.3, 0.4) is 0 Å². The average Bonchev–Trinajstić information content (AvgIpc) is 3.01. The lowest BCUT2D eigenvalue weighted by molar-refractivity contribution is -0.144. The van der Waals surface area contributed by atoms with E-state index in [4.69, 9.17) is 4.74 Å². The Bertz CT molecular complexity index is 615. The van der Waals surface area contributed by atoms with E-state index in [0.29, 0.717) is 32.0 Å². The third kappa shape index (κ3) is 4.21. The summed E-state index contributed by atoms with van der Waals surface area (Å²) >= 11 is 0. The van der Waals surface area contributed by atoms with E-state index in [9.17, 15) is 9.59 Å². The highest BCUT2D eigenvalue weighted by molar-refractivity contribution is 5.78. The van der Waals surface area contributed by atoms with Crippen molar-refractivity contribution in [3.05, 3.63) is 18.0 Å². The highest BCUT2D eigenvalue weighted by Crippen LogP contribution is 2.31. The Kier molecular flexibility index (Phi) is 5.73. The molecule has 0 N–H and O–H groups in total. The van der Waals surface area contributed by atoms with Gasteiger partial charge in [0.1, 0.15) is 6.54 Å². The van der Waals surface area contributed by atoms with E-state index in [1.807, 2.05) is 22.9 Å². The zero-order valence-corrected chi connectivity index (χ0v) is 15.2. The van der Waals surface area contributed by atoms with E-state index in [0.717, 1.165) is 37.9 Å². The zero-order chi connectivity index (χ0) is 17.8. The summed E-state index contributed by atoms with van der Waals surface area (Å²) in [6.45, 7) is 5.16. The number of hydrogen-bond acceptors (Lipinski definition) is 4. The normalized spacial score (nSPS) is 23.7. The number of aryl methyl sites for hydroxylation is 1. The minimum atomic E-state index is 0.115. The van der Waals surface area contributed by atoms with E-state index < -0.39 is 0 Å². The fourth-order valence-corrected chi connectivity index (χ4v) is 4.04. The first-order valence-electron chi connectivity index (χ1n) is 9.13. The highest BCUT2D eigenvalue weighted by atomic mass is 16.5. The van der Waals surface area contributed by atoms with Gasteiger partial charge in [0.05, 0.1) is 6.20 Å². The van der Waals surface area contributed by atoms with Gasteiger partial charge in [0.25, 0.3) is 0 Å². The van der Waals surface area contributed by atoms with Crippen molar-refractivity contribution in [2.24, 2.45) is 5.92 Å². The molecular weight excluding hydrogens is 320 g/mol. The van der Waals surface area contributed by atoms with Crippen molar-refractivity contribution in [2.45, 2.75) is 45.2 Å². The summed E-state index contributed by atoms with van der Waals surface area (Å²) < 4.78 is 6.81. The predicted octanol–water partition coefficient (Wildman–Crippen LogP) is 1.07. The van der Waals surface area contributed by atoms with Crippen LogP contribution in [0, 0.1) is 12.8 Å². The van der Waals surface area contributed by atoms with Gasteiger partial charge >= 0.3 is 0 Å². The molecule has 2 fully saturated rings. The Morgan fingerprint density at radius 2 is 2.24 bits per heavy atom. The van der Waals surface area contributed by atoms with Crippen LogP contribution in [0.2, 0.25) is 0 Å². The van der Waals surface area contributed by atoms with Gasteiger partial charge in [0, 0.05) is 52.0 Å². The predicted molar refractivity (Wildman–Crippen MR) is 92.9 cm³/mol. The number of rotatable bonds is 6. The van der Waals surface area contributed by atoms with Crippen LogP contribution < -0.4 is 0 Å². The van der Waals surface area contributed by atoms with Crippen LogP contribution >= 0.6 is 0 Å². The number of likely N-dealkylation sites (tertiary alicyclic amines) is 2. The first-order valence-corrected chi connectivity index (χ1v) is 9.13. The maximum absolute atomic E-state index is 12.6. The quantitative estimate of drug-likeness (QED) is 0.721. The zero-order valence-electron chi connectivity index (χ0n) is 15.2. The number of carbonyl (C=O) groups excluding carboxylic acids is 2. The second-order valence-electron chi connectivity index (χ2n) is 7.14. The monoisotopic (exact) mass is 348 g/mol. The van der Waals surface area contributed by atoms with Crippen LogP contribution in [-0.4, -0.2) is 70.8 Å². The van der Waals surface area contributed by atoms with Gasteiger partial charge < -0.3 is 14.5 Å². The van der Waals surface area contributed by atoms with Gasteiger partial charge in [-0.25, -0.2) is 0 Å². The molecule has 7 nitrogen and oxygen atoms in total. The maximum atomic E-state index is 12.6. The van der Waals surface area contributed by atoms with Gasteiger partial charge in [-0.2, -0.15) is 5.10 Å². The van der Waals surface area contributed by atoms with Crippen molar-refractivity contribution in [1.82, 2.24) is 19.6 Å². The van der Waals surface area contributed by atoms with Crippen LogP contribution in [0.5, 0.6) is 0 Å². The lowest BCUT2D eigenvalue weighted by Gasteiger charge is -2.47. The molecule has 0 bridgehead atoms. The number of nitrogens with zero attached hydrogens (tertiary/aromatic N) is 4. The van der Waals surface area contributed by atoms with Crippen molar-refractivity contribution < 1.29 is 14.3 Å². The van der Waals surface area contributed by atoms with Crippen LogP contribution in [0.4, 0.5) is 0 Å². The first kappa shape index (κ1) is 17.9. The number of ether oxygens (including phenoxy) is 1. The topological polar surface area (TPSA) is 67.7 Å². The molecule has 0 aliphatic carbocycles. The number of amides is 2. The molecule has 25 heavy (non-hydrogen) atoms. The second-order valence-corrected chi connectivity index (χ2v) is 7.14. The van der Waals surface area contributed by atoms with Crippen molar-refractivity contribution >= 4 is 11.8 Å². The number of fused-ring (bicyclic) bond motifs is 1. The van der Waals surface area contributed by atoms with E-state index in [-0.39, 0.29) is 17.9 Å². The lowest BCUT2D eigenvalue weighted by atomic mass is 9.83. The molecular formula is C18H28N4O3. The molecule has 0 spiro atoms. The van der Waals surface area contributed by atoms with Crippen LogP contribution in [0.15, 0.2) is 12.4 Å². The first-order chi connectivity index (χ1) is 12.1. The van der Waals surface area contributed by atoms with Gasteiger partial charge in [0.15, 0.2) is 0 Å². The third-order valence-corrected chi connectivity index (χ3v) is 5.30. The van der Waals surface area contributed by atoms with E-state index in [1.54, 1.807) is 18.0 Å². The van der Waals surface area contributed by atoms with Gasteiger partial charge in [-0.15, -0.1) is 0 Å². The Balaban J connectivity index is 1.57. The molecule has 7 heteroatoms. The third-order valence-electron chi connectivity index (χ3n) is 5.30. The van der Waals surface area contributed by atoms with Gasteiger partial charge in [-0.05, 0) is 37.7 Å². The fourth-order valence-electron chi connectivity index (χ4n) is 4.04. The Hall–Kier alpha value is -1.89. The van der Waals surface area contributed by atoms with Gasteiger partial charge in [0.2, 0.25) is 11.8 Å². The highest BCUT2D eigenvalue weighted by Gasteiger charge is 2.39. The number of hydrogen-bond donors (Lipinski definition) is 0. The molecule has 3 rings (SSSR count). The summed E-state index contributed by atoms with van der Waals surface area (Å²) in [5, 5.41) is 4.20. The molecule has 138 valence electrons. The van der Waals surface area contributed by atoms with Crippen molar-refractivity contribution in [2.75, 3.05) is 33.4 Å². The molecule has 2 saturated heterocycles. The smallest absolute Gasteiger partial charge is 0.244 e.